The zero-order valence-electron chi connectivity index (χ0n) is 30.0. The summed E-state index contributed by atoms with van der Waals surface area (Å²) in [6.45, 7) is 13.0. The minimum absolute atomic E-state index is 0.249. The molecule has 4 heteroatoms. The summed E-state index contributed by atoms with van der Waals surface area (Å²) in [6.07, 6.45) is 0. The summed E-state index contributed by atoms with van der Waals surface area (Å²) in [6, 6.07) is 47.6. The number of nitrogens with zero attached hydrogens (tertiary/aromatic N) is 3. The molecule has 8 rings (SSSR count). The second kappa shape index (κ2) is 12.4. The highest BCUT2D eigenvalue weighted by atomic mass is 16.3. The Morgan fingerprint density at radius 2 is 1.27 bits per heavy atom. The van der Waals surface area contributed by atoms with Gasteiger partial charge in [-0.1, -0.05) is 119 Å². The Morgan fingerprint density at radius 1 is 0.647 bits per heavy atom. The Kier molecular flexibility index (Phi) is 7.88. The van der Waals surface area contributed by atoms with Crippen molar-refractivity contribution in [3.05, 3.63) is 144 Å². The predicted octanol–water partition coefficient (Wildman–Crippen LogP) is 13.0. The third-order valence-electron chi connectivity index (χ3n) is 10.3. The van der Waals surface area contributed by atoms with Crippen molar-refractivity contribution in [3.8, 4) is 45.4 Å². The fraction of sp³-hybridized carbons (Fsp3) is 0.191. The quantitative estimate of drug-likeness (QED) is 0.170. The maximum Gasteiger partial charge on any atom is 0.149 e. The van der Waals surface area contributed by atoms with Gasteiger partial charge in [0.05, 0.1) is 33.8 Å². The predicted molar refractivity (Wildman–Crippen MR) is 211 cm³/mol. The van der Waals surface area contributed by atoms with E-state index in [1.54, 1.807) is 0 Å². The van der Waals surface area contributed by atoms with Gasteiger partial charge in [0.15, 0.2) is 0 Å². The average molecular weight is 664 g/mol. The van der Waals surface area contributed by atoms with E-state index in [9.17, 15) is 5.26 Å². The standard InChI is InChI=1S/C47H41N3O/c1-29(2)39-25-34(33-21-19-32(20-22-33)31-13-8-7-9-14-31)26-40(30(3)4)44(39)50-42-18-11-10-17-41(42)49-46(50)38-16-12-15-37-36-24-23-35(47(5,6)28-48)27-43(36)51-45(37)38/h7-27,29-30H,1-6H3. The zero-order valence-corrected chi connectivity index (χ0v) is 30.0. The number of para-hydroxylation sites is 3. The largest absolute Gasteiger partial charge is 0.455 e. The number of rotatable bonds is 7. The number of hydrogen-bond donors (Lipinski definition) is 0. The highest BCUT2D eigenvalue weighted by Crippen LogP contribution is 2.43. The van der Waals surface area contributed by atoms with Gasteiger partial charge in [-0.2, -0.15) is 5.26 Å². The summed E-state index contributed by atoms with van der Waals surface area (Å²) in [5.74, 6) is 1.35. The zero-order chi connectivity index (χ0) is 35.4. The van der Waals surface area contributed by atoms with Crippen molar-refractivity contribution in [2.75, 3.05) is 0 Å². The van der Waals surface area contributed by atoms with E-state index in [1.165, 1.54) is 39.1 Å². The lowest BCUT2D eigenvalue weighted by Gasteiger charge is -2.24. The van der Waals surface area contributed by atoms with Gasteiger partial charge in [-0.15, -0.1) is 0 Å². The van der Waals surface area contributed by atoms with Gasteiger partial charge in [-0.05, 0) is 101 Å². The molecule has 0 fully saturated rings. The Labute approximate surface area is 299 Å². The monoisotopic (exact) mass is 663 g/mol. The van der Waals surface area contributed by atoms with Crippen LogP contribution in [0.3, 0.4) is 0 Å². The van der Waals surface area contributed by atoms with Crippen molar-refractivity contribution in [1.82, 2.24) is 9.55 Å². The minimum atomic E-state index is -0.624. The lowest BCUT2D eigenvalue weighted by atomic mass is 9.86. The molecule has 0 aliphatic carbocycles. The van der Waals surface area contributed by atoms with Crippen LogP contribution in [-0.2, 0) is 5.41 Å². The highest BCUT2D eigenvalue weighted by molar-refractivity contribution is 6.09. The van der Waals surface area contributed by atoms with Gasteiger partial charge >= 0.3 is 0 Å². The molecule has 0 aliphatic rings. The van der Waals surface area contributed by atoms with Crippen LogP contribution in [0.1, 0.15) is 70.1 Å². The van der Waals surface area contributed by atoms with Crippen molar-refractivity contribution < 1.29 is 4.42 Å². The molecular weight excluding hydrogens is 623 g/mol. The molecule has 4 nitrogen and oxygen atoms in total. The van der Waals surface area contributed by atoms with E-state index >= 15 is 0 Å². The average Bonchev–Trinajstić information content (AvgIpc) is 3.73. The SMILES string of the molecule is CC(C)c1cc(-c2ccc(-c3ccccc3)cc2)cc(C(C)C)c1-n1c(-c2cccc3c2oc2cc(C(C)(C)C#N)ccc23)nc2ccccc21. The van der Waals surface area contributed by atoms with Crippen LogP contribution < -0.4 is 0 Å². The van der Waals surface area contributed by atoms with Gasteiger partial charge < -0.3 is 4.42 Å². The van der Waals surface area contributed by atoms with Crippen molar-refractivity contribution in [1.29, 1.82) is 5.26 Å². The topological polar surface area (TPSA) is 54.8 Å². The molecule has 6 aromatic carbocycles. The third-order valence-corrected chi connectivity index (χ3v) is 10.3. The van der Waals surface area contributed by atoms with E-state index in [4.69, 9.17) is 9.40 Å². The number of imidazole rings is 1. The van der Waals surface area contributed by atoms with E-state index in [2.05, 4.69) is 154 Å². The molecule has 0 atom stereocenters. The van der Waals surface area contributed by atoms with Crippen LogP contribution in [0, 0.1) is 11.3 Å². The molecule has 0 radical (unpaired) electrons. The fourth-order valence-electron chi connectivity index (χ4n) is 7.33. The first kappa shape index (κ1) is 32.3. The molecule has 2 aromatic heterocycles. The molecule has 8 aromatic rings. The number of fused-ring (bicyclic) bond motifs is 4. The Bertz CT molecular complexity index is 2580. The van der Waals surface area contributed by atoms with Crippen molar-refractivity contribution in [3.63, 3.8) is 0 Å². The molecule has 0 aliphatic heterocycles. The summed E-state index contributed by atoms with van der Waals surface area (Å²) in [4.78, 5) is 5.33. The minimum Gasteiger partial charge on any atom is -0.455 e. The van der Waals surface area contributed by atoms with Crippen LogP contribution in [0.5, 0.6) is 0 Å². The van der Waals surface area contributed by atoms with Crippen LogP contribution in [0.4, 0.5) is 0 Å². The molecule has 2 heterocycles. The number of aromatic nitrogens is 2. The lowest BCUT2D eigenvalue weighted by Crippen LogP contribution is -2.13. The molecular formula is C47H41N3O. The third kappa shape index (κ3) is 5.50. The first-order chi connectivity index (χ1) is 24.6. The molecule has 0 saturated carbocycles. The molecule has 0 unspecified atom stereocenters. The van der Waals surface area contributed by atoms with Crippen LogP contribution >= 0.6 is 0 Å². The van der Waals surface area contributed by atoms with Crippen LogP contribution in [0.25, 0.3) is 72.3 Å². The van der Waals surface area contributed by atoms with E-state index in [0.29, 0.717) is 0 Å². The first-order valence-electron chi connectivity index (χ1n) is 17.8. The van der Waals surface area contributed by atoms with Crippen LogP contribution in [0.15, 0.2) is 132 Å². The number of benzene rings is 6. The number of hydrogen-bond acceptors (Lipinski definition) is 3. The molecule has 0 N–H and O–H groups in total. The maximum absolute atomic E-state index is 9.83. The van der Waals surface area contributed by atoms with Gasteiger partial charge in [0.25, 0.3) is 0 Å². The normalized spacial score (nSPS) is 12.1. The summed E-state index contributed by atoms with van der Waals surface area (Å²) in [5, 5.41) is 11.9. The van der Waals surface area contributed by atoms with Crippen LogP contribution in [0.2, 0.25) is 0 Å². The van der Waals surface area contributed by atoms with E-state index < -0.39 is 5.41 Å². The van der Waals surface area contributed by atoms with E-state index in [0.717, 1.165) is 49.9 Å². The van der Waals surface area contributed by atoms with Gasteiger partial charge in [-0.3, -0.25) is 4.57 Å². The lowest BCUT2D eigenvalue weighted by molar-refractivity contribution is 0.658. The molecule has 51 heavy (non-hydrogen) atoms. The fourth-order valence-corrected chi connectivity index (χ4v) is 7.33. The van der Waals surface area contributed by atoms with Gasteiger partial charge in [-0.25, -0.2) is 4.98 Å². The first-order valence-corrected chi connectivity index (χ1v) is 17.8. The highest BCUT2D eigenvalue weighted by Gasteiger charge is 2.26. The Balaban J connectivity index is 1.36. The van der Waals surface area contributed by atoms with Crippen molar-refractivity contribution >= 4 is 33.0 Å². The Morgan fingerprint density at radius 3 is 1.94 bits per heavy atom. The van der Waals surface area contributed by atoms with Crippen molar-refractivity contribution in [2.45, 2.75) is 58.8 Å². The van der Waals surface area contributed by atoms with Crippen molar-refractivity contribution in [2.24, 2.45) is 0 Å². The van der Waals surface area contributed by atoms with Gasteiger partial charge in [0.2, 0.25) is 0 Å². The maximum atomic E-state index is 9.83. The summed E-state index contributed by atoms with van der Waals surface area (Å²) >= 11 is 0. The smallest absolute Gasteiger partial charge is 0.149 e. The molecule has 0 amide bonds. The summed E-state index contributed by atoms with van der Waals surface area (Å²) in [5.41, 5.74) is 13.4. The Hall–Kier alpha value is -5.92. The summed E-state index contributed by atoms with van der Waals surface area (Å²) < 4.78 is 9.09. The number of nitriles is 1. The molecule has 0 bridgehead atoms. The van der Waals surface area contributed by atoms with E-state index in [1.807, 2.05) is 26.0 Å². The molecule has 0 saturated heterocycles. The van der Waals surface area contributed by atoms with E-state index in [-0.39, 0.29) is 11.8 Å². The van der Waals surface area contributed by atoms with Gasteiger partial charge in [0.1, 0.15) is 17.0 Å². The summed E-state index contributed by atoms with van der Waals surface area (Å²) in [7, 11) is 0. The van der Waals surface area contributed by atoms with Crippen LogP contribution in [-0.4, -0.2) is 9.55 Å². The molecule has 250 valence electrons. The van der Waals surface area contributed by atoms with Gasteiger partial charge in [0, 0.05) is 10.8 Å². The second-order valence-corrected chi connectivity index (χ2v) is 14.7. The molecule has 0 spiro atoms. The number of furan rings is 1. The second-order valence-electron chi connectivity index (χ2n) is 14.7.